The third kappa shape index (κ3) is 2.34. The summed E-state index contributed by atoms with van der Waals surface area (Å²) in [6.07, 6.45) is 1.96. The fourth-order valence-electron chi connectivity index (χ4n) is 1.99. The van der Waals surface area contributed by atoms with Gasteiger partial charge in [-0.25, -0.2) is 0 Å². The van der Waals surface area contributed by atoms with Gasteiger partial charge in [0.2, 0.25) is 0 Å². The molecule has 0 amide bonds. The molecule has 0 bridgehead atoms. The first kappa shape index (κ1) is 12.5. The number of hydrogen-bond donors (Lipinski definition) is 2. The SMILES string of the molecule is Cl.NC1CC(Nc2noc3ccc(Cl)cc23)C1. The Labute approximate surface area is 110 Å². The van der Waals surface area contributed by atoms with Crippen LogP contribution in [0.5, 0.6) is 0 Å². The van der Waals surface area contributed by atoms with E-state index in [-0.39, 0.29) is 12.4 Å². The van der Waals surface area contributed by atoms with E-state index in [1.807, 2.05) is 12.1 Å². The molecule has 2 aromatic rings. The van der Waals surface area contributed by atoms with E-state index in [0.29, 0.717) is 17.1 Å². The largest absolute Gasteiger partial charge is 0.364 e. The number of nitrogens with zero attached hydrogens (tertiary/aromatic N) is 1. The Kier molecular flexibility index (Phi) is 3.47. The fourth-order valence-corrected chi connectivity index (χ4v) is 2.16. The lowest BCUT2D eigenvalue weighted by atomic mass is 9.87. The fraction of sp³-hybridized carbons (Fsp3) is 0.364. The quantitative estimate of drug-likeness (QED) is 0.883. The summed E-state index contributed by atoms with van der Waals surface area (Å²) in [5, 5.41) is 8.92. The average Bonchev–Trinajstić information content (AvgIpc) is 2.59. The summed E-state index contributed by atoms with van der Waals surface area (Å²) in [4.78, 5) is 0. The Morgan fingerprint density at radius 1 is 1.41 bits per heavy atom. The average molecular weight is 274 g/mol. The second-order valence-electron chi connectivity index (χ2n) is 4.24. The van der Waals surface area contributed by atoms with Crippen molar-refractivity contribution in [3.63, 3.8) is 0 Å². The van der Waals surface area contributed by atoms with Crippen molar-refractivity contribution in [3.05, 3.63) is 23.2 Å². The molecule has 1 saturated carbocycles. The second kappa shape index (κ2) is 4.72. The lowest BCUT2D eigenvalue weighted by Gasteiger charge is -2.32. The molecule has 1 aromatic heterocycles. The lowest BCUT2D eigenvalue weighted by Crippen LogP contribution is -2.44. The minimum absolute atomic E-state index is 0. The number of anilines is 1. The summed E-state index contributed by atoms with van der Waals surface area (Å²) >= 11 is 5.94. The lowest BCUT2D eigenvalue weighted by molar-refractivity contribution is 0.370. The molecule has 0 atom stereocenters. The van der Waals surface area contributed by atoms with Crippen molar-refractivity contribution >= 4 is 40.8 Å². The van der Waals surface area contributed by atoms with Crippen LogP contribution >= 0.6 is 24.0 Å². The van der Waals surface area contributed by atoms with Crippen LogP contribution in [-0.4, -0.2) is 17.2 Å². The van der Waals surface area contributed by atoms with E-state index in [1.165, 1.54) is 0 Å². The Morgan fingerprint density at radius 2 is 2.18 bits per heavy atom. The molecule has 3 N–H and O–H groups in total. The van der Waals surface area contributed by atoms with Gasteiger partial charge in [0, 0.05) is 17.1 Å². The highest BCUT2D eigenvalue weighted by Crippen LogP contribution is 2.29. The molecule has 0 radical (unpaired) electrons. The summed E-state index contributed by atoms with van der Waals surface area (Å²) in [5.41, 5.74) is 6.48. The minimum atomic E-state index is 0. The van der Waals surface area contributed by atoms with Crippen LogP contribution in [0.25, 0.3) is 11.0 Å². The summed E-state index contributed by atoms with van der Waals surface area (Å²) in [6.45, 7) is 0. The number of nitrogens with one attached hydrogen (secondary N) is 1. The van der Waals surface area contributed by atoms with Gasteiger partial charge in [0.1, 0.15) is 0 Å². The summed E-state index contributed by atoms with van der Waals surface area (Å²) < 4.78 is 5.20. The van der Waals surface area contributed by atoms with Gasteiger partial charge in [-0.3, -0.25) is 0 Å². The number of benzene rings is 1. The topological polar surface area (TPSA) is 64.1 Å². The monoisotopic (exact) mass is 273 g/mol. The zero-order valence-electron chi connectivity index (χ0n) is 9.02. The number of nitrogens with two attached hydrogens (primary N) is 1. The molecular formula is C11H13Cl2N3O. The molecule has 92 valence electrons. The van der Waals surface area contributed by atoms with Crippen LogP contribution in [0.15, 0.2) is 22.7 Å². The highest BCUT2D eigenvalue weighted by molar-refractivity contribution is 6.31. The first-order chi connectivity index (χ1) is 7.72. The summed E-state index contributed by atoms with van der Waals surface area (Å²) in [7, 11) is 0. The molecule has 1 aromatic carbocycles. The Bertz CT molecular complexity index is 522. The van der Waals surface area contributed by atoms with E-state index in [0.717, 1.165) is 29.6 Å². The molecule has 0 spiro atoms. The van der Waals surface area contributed by atoms with Gasteiger partial charge < -0.3 is 15.6 Å². The highest BCUT2D eigenvalue weighted by atomic mass is 35.5. The summed E-state index contributed by atoms with van der Waals surface area (Å²) in [6, 6.07) is 6.19. The maximum Gasteiger partial charge on any atom is 0.177 e. The van der Waals surface area contributed by atoms with E-state index in [4.69, 9.17) is 21.9 Å². The molecule has 1 heterocycles. The van der Waals surface area contributed by atoms with Gasteiger partial charge in [0.25, 0.3) is 0 Å². The Hall–Kier alpha value is -0.970. The zero-order chi connectivity index (χ0) is 11.1. The van der Waals surface area contributed by atoms with Crippen molar-refractivity contribution in [1.29, 1.82) is 0 Å². The van der Waals surface area contributed by atoms with E-state index in [2.05, 4.69) is 10.5 Å². The first-order valence-corrected chi connectivity index (χ1v) is 5.67. The highest BCUT2D eigenvalue weighted by Gasteiger charge is 2.26. The molecule has 0 saturated heterocycles. The molecule has 6 heteroatoms. The third-order valence-electron chi connectivity index (χ3n) is 2.95. The second-order valence-corrected chi connectivity index (χ2v) is 4.68. The molecule has 1 aliphatic rings. The van der Waals surface area contributed by atoms with Crippen LogP contribution in [0.4, 0.5) is 5.82 Å². The predicted molar refractivity (Wildman–Crippen MR) is 70.9 cm³/mol. The van der Waals surface area contributed by atoms with Gasteiger partial charge in [0.15, 0.2) is 11.4 Å². The number of rotatable bonds is 2. The van der Waals surface area contributed by atoms with E-state index in [1.54, 1.807) is 6.07 Å². The van der Waals surface area contributed by atoms with Crippen molar-refractivity contribution < 1.29 is 4.52 Å². The molecule has 4 nitrogen and oxygen atoms in total. The number of hydrogen-bond acceptors (Lipinski definition) is 4. The van der Waals surface area contributed by atoms with Crippen LogP contribution in [-0.2, 0) is 0 Å². The van der Waals surface area contributed by atoms with Crippen LogP contribution in [0.2, 0.25) is 5.02 Å². The molecule has 17 heavy (non-hydrogen) atoms. The van der Waals surface area contributed by atoms with Crippen molar-refractivity contribution in [2.45, 2.75) is 24.9 Å². The van der Waals surface area contributed by atoms with E-state index < -0.39 is 0 Å². The molecule has 1 aliphatic carbocycles. The zero-order valence-corrected chi connectivity index (χ0v) is 10.6. The van der Waals surface area contributed by atoms with Gasteiger partial charge in [-0.05, 0) is 31.0 Å². The van der Waals surface area contributed by atoms with Crippen LogP contribution in [0.3, 0.4) is 0 Å². The van der Waals surface area contributed by atoms with E-state index >= 15 is 0 Å². The maximum absolute atomic E-state index is 5.94. The van der Waals surface area contributed by atoms with Crippen molar-refractivity contribution in [2.75, 3.05) is 5.32 Å². The predicted octanol–water partition coefficient (Wildman–Crippen LogP) is 2.80. The molecular weight excluding hydrogens is 261 g/mol. The minimum Gasteiger partial charge on any atom is -0.364 e. The van der Waals surface area contributed by atoms with Gasteiger partial charge in [0.05, 0.1) is 5.39 Å². The van der Waals surface area contributed by atoms with Gasteiger partial charge in [-0.2, -0.15) is 0 Å². The van der Waals surface area contributed by atoms with Crippen molar-refractivity contribution in [2.24, 2.45) is 5.73 Å². The molecule has 0 unspecified atom stereocenters. The van der Waals surface area contributed by atoms with Crippen LogP contribution in [0, 0.1) is 0 Å². The number of halogens is 2. The van der Waals surface area contributed by atoms with Gasteiger partial charge in [-0.1, -0.05) is 16.8 Å². The molecule has 3 rings (SSSR count). The first-order valence-electron chi connectivity index (χ1n) is 5.29. The normalized spacial score (nSPS) is 22.9. The standard InChI is InChI=1S/C11H12ClN3O.ClH/c12-6-1-2-10-9(3-6)11(15-16-10)14-8-4-7(13)5-8;/h1-3,7-8H,4-5,13H2,(H,14,15);1H. The van der Waals surface area contributed by atoms with Crippen molar-refractivity contribution in [3.8, 4) is 0 Å². The van der Waals surface area contributed by atoms with Gasteiger partial charge in [-0.15, -0.1) is 12.4 Å². The van der Waals surface area contributed by atoms with E-state index in [9.17, 15) is 0 Å². The van der Waals surface area contributed by atoms with Crippen LogP contribution in [0.1, 0.15) is 12.8 Å². The Morgan fingerprint density at radius 3 is 2.88 bits per heavy atom. The smallest absolute Gasteiger partial charge is 0.177 e. The van der Waals surface area contributed by atoms with Crippen molar-refractivity contribution in [1.82, 2.24) is 5.16 Å². The maximum atomic E-state index is 5.94. The summed E-state index contributed by atoms with van der Waals surface area (Å²) in [5.74, 6) is 0.759. The Balaban J connectivity index is 0.00000108. The third-order valence-corrected chi connectivity index (χ3v) is 3.18. The number of fused-ring (bicyclic) bond motifs is 1. The van der Waals surface area contributed by atoms with Crippen LogP contribution < -0.4 is 11.1 Å². The number of aromatic nitrogens is 1. The molecule has 0 aliphatic heterocycles. The molecule has 1 fully saturated rings. The van der Waals surface area contributed by atoms with Gasteiger partial charge >= 0.3 is 0 Å².